The summed E-state index contributed by atoms with van der Waals surface area (Å²) in [6.07, 6.45) is 0. The monoisotopic (exact) mass is 484 g/mol. The molecule has 0 amide bonds. The van der Waals surface area contributed by atoms with Crippen LogP contribution >= 0.6 is 11.8 Å². The van der Waals surface area contributed by atoms with Gasteiger partial charge in [0.2, 0.25) is 5.78 Å². The van der Waals surface area contributed by atoms with E-state index >= 15 is 0 Å². The topological polar surface area (TPSA) is 78.5 Å². The first-order valence-corrected chi connectivity index (χ1v) is 12.2. The van der Waals surface area contributed by atoms with Crippen LogP contribution in [0.5, 0.6) is 5.75 Å². The zero-order valence-corrected chi connectivity index (χ0v) is 20.5. The van der Waals surface area contributed by atoms with Crippen molar-refractivity contribution in [3.63, 3.8) is 0 Å². The van der Waals surface area contributed by atoms with E-state index < -0.39 is 0 Å². The second-order valence-electron chi connectivity index (χ2n) is 8.37. The van der Waals surface area contributed by atoms with Crippen LogP contribution < -0.4 is 10.3 Å². The fourth-order valence-electron chi connectivity index (χ4n) is 4.22. The molecule has 0 atom stereocenters. The Morgan fingerprint density at radius 2 is 1.77 bits per heavy atom. The number of aromatic nitrogens is 4. The Morgan fingerprint density at radius 1 is 1.00 bits per heavy atom. The Kier molecular flexibility index (Phi) is 6.13. The minimum absolute atomic E-state index is 0.0274. The standard InChI is InChI=1S/C27H24N4O3S/c1-17-12-13-18(2)21(14-17)23(32)16-35-27-29-28-26-30(15-19-8-4-7-11-24(19)34-3)25(33)20-9-5-6-10-22(20)31(26)27/h4-14H,15-16H2,1-3H3. The lowest BCUT2D eigenvalue weighted by atomic mass is 10.0. The van der Waals surface area contributed by atoms with Crippen molar-refractivity contribution in [1.82, 2.24) is 19.2 Å². The first kappa shape index (κ1) is 22.9. The molecule has 0 unspecified atom stereocenters. The molecule has 0 N–H and O–H groups in total. The number of para-hydroxylation sites is 2. The second-order valence-corrected chi connectivity index (χ2v) is 9.31. The minimum Gasteiger partial charge on any atom is -0.496 e. The summed E-state index contributed by atoms with van der Waals surface area (Å²) < 4.78 is 8.94. The molecule has 0 fully saturated rings. The van der Waals surface area contributed by atoms with E-state index in [1.165, 1.54) is 11.8 Å². The number of hydrogen-bond acceptors (Lipinski definition) is 6. The Balaban J connectivity index is 1.58. The SMILES string of the molecule is COc1ccccc1Cn1c(=O)c2ccccc2n2c(SCC(=O)c3cc(C)ccc3C)nnc12. The molecule has 2 aromatic heterocycles. The van der Waals surface area contributed by atoms with Crippen molar-refractivity contribution < 1.29 is 9.53 Å². The molecular weight excluding hydrogens is 460 g/mol. The van der Waals surface area contributed by atoms with Gasteiger partial charge in [0.1, 0.15) is 5.75 Å². The molecule has 5 aromatic rings. The summed E-state index contributed by atoms with van der Waals surface area (Å²) in [7, 11) is 1.61. The van der Waals surface area contributed by atoms with Gasteiger partial charge in [0.05, 0.1) is 30.3 Å². The highest BCUT2D eigenvalue weighted by Crippen LogP contribution is 2.25. The van der Waals surface area contributed by atoms with Crippen LogP contribution in [-0.4, -0.2) is 37.8 Å². The maximum atomic E-state index is 13.5. The van der Waals surface area contributed by atoms with E-state index in [9.17, 15) is 9.59 Å². The summed E-state index contributed by atoms with van der Waals surface area (Å²) in [6.45, 7) is 4.19. The highest BCUT2D eigenvalue weighted by atomic mass is 32.2. The van der Waals surface area contributed by atoms with E-state index in [4.69, 9.17) is 4.74 Å². The number of ether oxygens (including phenoxy) is 1. The second kappa shape index (κ2) is 9.38. The third-order valence-electron chi connectivity index (χ3n) is 6.03. The van der Waals surface area contributed by atoms with Gasteiger partial charge >= 0.3 is 0 Å². The Hall–Kier alpha value is -3.91. The van der Waals surface area contributed by atoms with Crippen LogP contribution in [0.1, 0.15) is 27.0 Å². The summed E-state index contributed by atoms with van der Waals surface area (Å²) in [5.74, 6) is 1.35. The van der Waals surface area contributed by atoms with Crippen LogP contribution in [0, 0.1) is 13.8 Å². The predicted octanol–water partition coefficient (Wildman–Crippen LogP) is 4.69. The Labute approximate surface area is 206 Å². The van der Waals surface area contributed by atoms with Gasteiger partial charge in [0.25, 0.3) is 5.56 Å². The number of aryl methyl sites for hydroxylation is 2. The molecule has 0 saturated carbocycles. The number of fused-ring (bicyclic) bond motifs is 3. The van der Waals surface area contributed by atoms with Crippen molar-refractivity contribution in [2.75, 3.05) is 12.9 Å². The number of carbonyl (C=O) groups excluding carboxylic acids is 1. The van der Waals surface area contributed by atoms with Gasteiger partial charge in [-0.3, -0.25) is 18.6 Å². The van der Waals surface area contributed by atoms with Crippen molar-refractivity contribution in [3.8, 4) is 5.75 Å². The third-order valence-corrected chi connectivity index (χ3v) is 6.95. The number of hydrogen-bond donors (Lipinski definition) is 0. The van der Waals surface area contributed by atoms with Crippen molar-refractivity contribution in [1.29, 1.82) is 0 Å². The lowest BCUT2D eigenvalue weighted by molar-refractivity contribution is 0.102. The molecule has 0 saturated heterocycles. The Morgan fingerprint density at radius 3 is 2.60 bits per heavy atom. The van der Waals surface area contributed by atoms with Crippen LogP contribution in [0.3, 0.4) is 0 Å². The van der Waals surface area contributed by atoms with Crippen molar-refractivity contribution in [2.45, 2.75) is 25.5 Å². The molecule has 8 heteroatoms. The van der Waals surface area contributed by atoms with Gasteiger partial charge in [0, 0.05) is 11.1 Å². The number of Topliss-reactive ketones (excluding diaryl/α,β-unsaturated/α-hetero) is 1. The molecule has 2 heterocycles. The van der Waals surface area contributed by atoms with Gasteiger partial charge in [-0.1, -0.05) is 59.8 Å². The number of thioether (sulfide) groups is 1. The first-order valence-electron chi connectivity index (χ1n) is 11.2. The molecule has 5 rings (SSSR count). The maximum Gasteiger partial charge on any atom is 0.263 e. The highest BCUT2D eigenvalue weighted by Gasteiger charge is 2.19. The van der Waals surface area contributed by atoms with Gasteiger partial charge in [-0.2, -0.15) is 0 Å². The number of methoxy groups -OCH3 is 1. The summed E-state index contributed by atoms with van der Waals surface area (Å²) in [5, 5.41) is 9.85. The van der Waals surface area contributed by atoms with Gasteiger partial charge in [-0.05, 0) is 43.7 Å². The number of benzene rings is 3. The number of nitrogens with zero attached hydrogens (tertiary/aromatic N) is 4. The average molecular weight is 485 g/mol. The highest BCUT2D eigenvalue weighted by molar-refractivity contribution is 7.99. The normalized spacial score (nSPS) is 11.3. The average Bonchev–Trinajstić information content (AvgIpc) is 3.30. The zero-order chi connectivity index (χ0) is 24.5. The smallest absolute Gasteiger partial charge is 0.263 e. The third kappa shape index (κ3) is 4.21. The number of rotatable bonds is 7. The predicted molar refractivity (Wildman–Crippen MR) is 138 cm³/mol. The lowest BCUT2D eigenvalue weighted by Gasteiger charge is -2.13. The molecule has 0 aliphatic carbocycles. The van der Waals surface area contributed by atoms with Gasteiger partial charge in [-0.15, -0.1) is 10.2 Å². The van der Waals surface area contributed by atoms with Crippen molar-refractivity contribution in [2.24, 2.45) is 0 Å². The van der Waals surface area contributed by atoms with E-state index in [0.29, 0.717) is 33.1 Å². The molecule has 0 aliphatic rings. The molecule has 0 spiro atoms. The minimum atomic E-state index is -0.158. The zero-order valence-electron chi connectivity index (χ0n) is 19.7. The van der Waals surface area contributed by atoms with Gasteiger partial charge in [-0.25, -0.2) is 0 Å². The lowest BCUT2D eigenvalue weighted by Crippen LogP contribution is -2.24. The van der Waals surface area contributed by atoms with Crippen LogP contribution in [0.4, 0.5) is 0 Å². The number of ketones is 1. The van der Waals surface area contributed by atoms with E-state index in [1.807, 2.05) is 78.9 Å². The van der Waals surface area contributed by atoms with E-state index in [-0.39, 0.29) is 23.6 Å². The van der Waals surface area contributed by atoms with Gasteiger partial charge in [0.15, 0.2) is 10.9 Å². The van der Waals surface area contributed by atoms with Crippen molar-refractivity contribution in [3.05, 3.63) is 99.3 Å². The molecule has 0 aliphatic heterocycles. The quantitative estimate of drug-likeness (QED) is 0.246. The molecule has 3 aromatic carbocycles. The Bertz CT molecular complexity index is 1640. The summed E-state index contributed by atoms with van der Waals surface area (Å²) in [5.41, 5.74) is 4.11. The van der Waals surface area contributed by atoms with Crippen LogP contribution in [0.25, 0.3) is 16.7 Å². The van der Waals surface area contributed by atoms with Crippen LogP contribution in [-0.2, 0) is 6.54 Å². The van der Waals surface area contributed by atoms with Crippen LogP contribution in [0.2, 0.25) is 0 Å². The van der Waals surface area contributed by atoms with E-state index in [2.05, 4.69) is 10.2 Å². The fraction of sp³-hybridized carbons (Fsp3) is 0.185. The molecule has 0 radical (unpaired) electrons. The summed E-state index contributed by atoms with van der Waals surface area (Å²) in [6, 6.07) is 20.8. The summed E-state index contributed by atoms with van der Waals surface area (Å²) in [4.78, 5) is 26.5. The molecule has 7 nitrogen and oxygen atoms in total. The van der Waals surface area contributed by atoms with Crippen LogP contribution in [0.15, 0.2) is 76.7 Å². The molecule has 35 heavy (non-hydrogen) atoms. The molecule has 176 valence electrons. The molecular formula is C27H24N4O3S. The molecule has 0 bridgehead atoms. The maximum absolute atomic E-state index is 13.5. The number of carbonyl (C=O) groups is 1. The summed E-state index contributed by atoms with van der Waals surface area (Å²) >= 11 is 1.32. The fourth-order valence-corrected chi connectivity index (χ4v) is 5.04. The largest absolute Gasteiger partial charge is 0.496 e. The van der Waals surface area contributed by atoms with E-state index in [0.717, 1.165) is 16.7 Å². The van der Waals surface area contributed by atoms with Crippen molar-refractivity contribution >= 4 is 34.2 Å². The van der Waals surface area contributed by atoms with E-state index in [1.54, 1.807) is 17.7 Å². The van der Waals surface area contributed by atoms with Gasteiger partial charge < -0.3 is 4.74 Å². The first-order chi connectivity index (χ1) is 17.0.